The fourth-order valence-electron chi connectivity index (χ4n) is 2.48. The van der Waals surface area contributed by atoms with Crippen LogP contribution >= 0.6 is 31.9 Å². The minimum atomic E-state index is 0.00108. The average Bonchev–Trinajstić information content (AvgIpc) is 2.54. The van der Waals surface area contributed by atoms with Crippen molar-refractivity contribution in [2.24, 2.45) is 0 Å². The molecule has 5 heteroatoms. The van der Waals surface area contributed by atoms with Gasteiger partial charge in [0.25, 0.3) is 0 Å². The minimum Gasteiger partial charge on any atom is -0.492 e. The summed E-state index contributed by atoms with van der Waals surface area (Å²) in [6.45, 7) is 9.02. The zero-order valence-corrected chi connectivity index (χ0v) is 18.8. The second-order valence-electron chi connectivity index (χ2n) is 7.35. The summed E-state index contributed by atoms with van der Waals surface area (Å²) in [5, 5.41) is 2.95. The van der Waals surface area contributed by atoms with Gasteiger partial charge in [-0.05, 0) is 76.1 Å². The van der Waals surface area contributed by atoms with Gasteiger partial charge < -0.3 is 10.1 Å². The molecule has 0 saturated carbocycles. The summed E-state index contributed by atoms with van der Waals surface area (Å²) in [6, 6.07) is 12.0. The zero-order valence-electron chi connectivity index (χ0n) is 15.7. The molecule has 0 radical (unpaired) electrons. The Labute approximate surface area is 172 Å². The van der Waals surface area contributed by atoms with Gasteiger partial charge in [0.2, 0.25) is 5.91 Å². The van der Waals surface area contributed by atoms with Crippen LogP contribution in [0.2, 0.25) is 0 Å². The van der Waals surface area contributed by atoms with E-state index in [0.717, 1.165) is 25.9 Å². The number of anilines is 1. The van der Waals surface area contributed by atoms with Gasteiger partial charge in [0.1, 0.15) is 5.75 Å². The van der Waals surface area contributed by atoms with Crippen LogP contribution in [-0.2, 0) is 10.2 Å². The molecule has 0 fully saturated rings. The third-order valence-electron chi connectivity index (χ3n) is 4.07. The van der Waals surface area contributed by atoms with Gasteiger partial charge in [0.05, 0.1) is 11.1 Å². The van der Waals surface area contributed by atoms with Crippen molar-refractivity contribution < 1.29 is 9.53 Å². The molecule has 2 aromatic rings. The van der Waals surface area contributed by atoms with Crippen LogP contribution in [0, 0.1) is 6.92 Å². The van der Waals surface area contributed by atoms with Gasteiger partial charge in [-0.25, -0.2) is 0 Å². The molecule has 0 spiro atoms. The number of carbonyl (C=O) groups is 1. The Bertz CT molecular complexity index is 782. The van der Waals surface area contributed by atoms with E-state index in [9.17, 15) is 4.79 Å². The van der Waals surface area contributed by atoms with Crippen LogP contribution in [0.25, 0.3) is 0 Å². The van der Waals surface area contributed by atoms with E-state index < -0.39 is 0 Å². The van der Waals surface area contributed by atoms with Crippen LogP contribution in [0.5, 0.6) is 5.75 Å². The molecule has 0 unspecified atom stereocenters. The number of aryl methyl sites for hydroxylation is 1. The molecule has 2 aromatic carbocycles. The number of rotatable bonds is 6. The molecule has 0 heterocycles. The monoisotopic (exact) mass is 481 g/mol. The van der Waals surface area contributed by atoms with E-state index in [4.69, 9.17) is 4.74 Å². The van der Waals surface area contributed by atoms with Gasteiger partial charge in [-0.2, -0.15) is 0 Å². The van der Waals surface area contributed by atoms with E-state index in [-0.39, 0.29) is 11.3 Å². The van der Waals surface area contributed by atoms with Gasteiger partial charge in [0.15, 0.2) is 0 Å². The van der Waals surface area contributed by atoms with E-state index in [2.05, 4.69) is 70.1 Å². The lowest BCUT2D eigenvalue weighted by Gasteiger charge is -2.20. The molecule has 140 valence electrons. The summed E-state index contributed by atoms with van der Waals surface area (Å²) >= 11 is 6.99. The maximum atomic E-state index is 12.1. The highest BCUT2D eigenvalue weighted by Crippen LogP contribution is 2.31. The van der Waals surface area contributed by atoms with E-state index >= 15 is 0 Å². The maximum absolute atomic E-state index is 12.1. The Kier molecular flexibility index (Phi) is 7.30. The van der Waals surface area contributed by atoms with Crippen LogP contribution < -0.4 is 10.1 Å². The molecule has 26 heavy (non-hydrogen) atoms. The van der Waals surface area contributed by atoms with Gasteiger partial charge >= 0.3 is 0 Å². The Hall–Kier alpha value is -1.33. The van der Waals surface area contributed by atoms with E-state index in [1.54, 1.807) is 0 Å². The molecule has 0 aliphatic carbocycles. The molecule has 3 nitrogen and oxygen atoms in total. The number of carbonyl (C=O) groups excluding carboxylic acids is 1. The second-order valence-corrected chi connectivity index (χ2v) is 9.12. The standard InChI is InChI=1S/C21H25Br2NO2/c1-14-12-16(22)8-9-18(14)24-20(25)6-5-11-26-19-10-7-15(13-17(19)23)21(2,3)4/h7-10,12-13H,5-6,11H2,1-4H3,(H,24,25). The summed E-state index contributed by atoms with van der Waals surface area (Å²) in [7, 11) is 0. The number of amides is 1. The SMILES string of the molecule is Cc1cc(Br)ccc1NC(=O)CCCOc1ccc(C(C)(C)C)cc1Br. The normalized spacial score (nSPS) is 11.3. The first-order valence-electron chi connectivity index (χ1n) is 8.65. The zero-order chi connectivity index (χ0) is 19.3. The highest BCUT2D eigenvalue weighted by Gasteiger charge is 2.15. The van der Waals surface area contributed by atoms with Crippen molar-refractivity contribution in [2.75, 3.05) is 11.9 Å². The largest absolute Gasteiger partial charge is 0.492 e. The fourth-order valence-corrected chi connectivity index (χ4v) is 3.45. The molecule has 2 rings (SSSR count). The quantitative estimate of drug-likeness (QED) is 0.470. The first-order chi connectivity index (χ1) is 12.2. The molecular formula is C21H25Br2NO2. The number of benzene rings is 2. The Balaban J connectivity index is 1.80. The predicted molar refractivity (Wildman–Crippen MR) is 115 cm³/mol. The molecular weight excluding hydrogens is 458 g/mol. The van der Waals surface area contributed by atoms with Crippen molar-refractivity contribution >= 4 is 43.5 Å². The highest BCUT2D eigenvalue weighted by atomic mass is 79.9. The predicted octanol–water partition coefficient (Wildman–Crippen LogP) is 6.62. The third-order valence-corrected chi connectivity index (χ3v) is 5.18. The average molecular weight is 483 g/mol. The van der Waals surface area contributed by atoms with Crippen LogP contribution in [0.3, 0.4) is 0 Å². The maximum Gasteiger partial charge on any atom is 0.224 e. The molecule has 1 amide bonds. The molecule has 0 aliphatic heterocycles. The molecule has 0 aliphatic rings. The lowest BCUT2D eigenvalue weighted by Crippen LogP contribution is -2.14. The van der Waals surface area contributed by atoms with Crippen LogP contribution in [-0.4, -0.2) is 12.5 Å². The van der Waals surface area contributed by atoms with Crippen molar-refractivity contribution in [1.29, 1.82) is 0 Å². The van der Waals surface area contributed by atoms with Gasteiger partial charge in [-0.1, -0.05) is 42.8 Å². The number of hydrogen-bond donors (Lipinski definition) is 1. The number of halogens is 2. The van der Waals surface area contributed by atoms with Gasteiger partial charge in [0, 0.05) is 16.6 Å². The van der Waals surface area contributed by atoms with E-state index in [0.29, 0.717) is 19.4 Å². The van der Waals surface area contributed by atoms with Gasteiger partial charge in [-0.15, -0.1) is 0 Å². The summed E-state index contributed by atoms with van der Waals surface area (Å²) in [5.74, 6) is 0.809. The second kappa shape index (κ2) is 9.05. The molecule has 0 atom stereocenters. The van der Waals surface area contributed by atoms with Crippen molar-refractivity contribution in [3.63, 3.8) is 0 Å². The van der Waals surface area contributed by atoms with E-state index in [1.165, 1.54) is 5.56 Å². The fraction of sp³-hybridized carbons (Fsp3) is 0.381. The molecule has 0 bridgehead atoms. The highest BCUT2D eigenvalue weighted by molar-refractivity contribution is 9.10. The van der Waals surface area contributed by atoms with Crippen molar-refractivity contribution in [2.45, 2.75) is 46.0 Å². The smallest absolute Gasteiger partial charge is 0.224 e. The summed E-state index contributed by atoms with van der Waals surface area (Å²) in [6.07, 6.45) is 1.09. The van der Waals surface area contributed by atoms with Crippen molar-refractivity contribution in [1.82, 2.24) is 0 Å². The summed E-state index contributed by atoms with van der Waals surface area (Å²) in [4.78, 5) is 12.1. The molecule has 1 N–H and O–H groups in total. The topological polar surface area (TPSA) is 38.3 Å². The summed E-state index contributed by atoms with van der Waals surface area (Å²) < 4.78 is 7.76. The first kappa shape index (κ1) is 21.0. The Morgan fingerprint density at radius 2 is 1.85 bits per heavy atom. The number of ether oxygens (including phenoxy) is 1. The third kappa shape index (κ3) is 6.13. The molecule has 0 saturated heterocycles. The van der Waals surface area contributed by atoms with Crippen molar-refractivity contribution in [3.05, 3.63) is 56.5 Å². The van der Waals surface area contributed by atoms with Crippen LogP contribution in [0.1, 0.15) is 44.7 Å². The minimum absolute atomic E-state index is 0.00108. The molecule has 0 aromatic heterocycles. The lowest BCUT2D eigenvalue weighted by atomic mass is 9.87. The number of hydrogen-bond acceptors (Lipinski definition) is 2. The Morgan fingerprint density at radius 3 is 2.46 bits per heavy atom. The van der Waals surface area contributed by atoms with Crippen LogP contribution in [0.4, 0.5) is 5.69 Å². The lowest BCUT2D eigenvalue weighted by molar-refractivity contribution is -0.116. The van der Waals surface area contributed by atoms with Gasteiger partial charge in [-0.3, -0.25) is 4.79 Å². The first-order valence-corrected chi connectivity index (χ1v) is 10.2. The van der Waals surface area contributed by atoms with Crippen molar-refractivity contribution in [3.8, 4) is 5.75 Å². The summed E-state index contributed by atoms with van der Waals surface area (Å²) in [5.41, 5.74) is 3.23. The number of nitrogens with one attached hydrogen (secondary N) is 1. The van der Waals surface area contributed by atoms with Crippen LogP contribution in [0.15, 0.2) is 45.3 Å². The Morgan fingerprint density at radius 1 is 1.12 bits per heavy atom. The van der Waals surface area contributed by atoms with E-state index in [1.807, 2.05) is 31.2 Å².